The lowest BCUT2D eigenvalue weighted by molar-refractivity contribution is -0.122. The zero-order chi connectivity index (χ0) is 18.3. The Labute approximate surface area is 155 Å². The van der Waals surface area contributed by atoms with E-state index in [1.807, 2.05) is 0 Å². The summed E-state index contributed by atoms with van der Waals surface area (Å²) in [5.41, 5.74) is 0.471. The summed E-state index contributed by atoms with van der Waals surface area (Å²) >= 11 is 1.30. The summed E-state index contributed by atoms with van der Waals surface area (Å²) in [4.78, 5) is 39.5. The van der Waals surface area contributed by atoms with E-state index >= 15 is 0 Å². The van der Waals surface area contributed by atoms with E-state index in [-0.39, 0.29) is 23.7 Å². The Bertz CT molecular complexity index is 860. The summed E-state index contributed by atoms with van der Waals surface area (Å²) in [5.74, 6) is -0.351. The Balaban J connectivity index is 1.57. The smallest absolute Gasteiger partial charge is 0.353 e. The van der Waals surface area contributed by atoms with Gasteiger partial charge in [0.2, 0.25) is 11.8 Å². The lowest BCUT2D eigenvalue weighted by atomic mass is 9.76. The molecule has 6 heteroatoms. The lowest BCUT2D eigenvalue weighted by Gasteiger charge is -2.25. The minimum atomic E-state index is -0.446. The minimum absolute atomic E-state index is 0.131. The van der Waals surface area contributed by atoms with E-state index in [4.69, 9.17) is 4.74 Å². The molecule has 4 rings (SSSR count). The molecule has 26 heavy (non-hydrogen) atoms. The number of carbonyl (C=O) groups excluding carboxylic acids is 3. The third-order valence-corrected chi connectivity index (χ3v) is 6.05. The van der Waals surface area contributed by atoms with Gasteiger partial charge in [-0.1, -0.05) is 19.1 Å². The van der Waals surface area contributed by atoms with Gasteiger partial charge in [0.1, 0.15) is 10.6 Å². The number of esters is 1. The number of nitrogens with zero attached hydrogens (tertiary/aromatic N) is 1. The molecule has 2 fully saturated rings. The molecule has 0 N–H and O–H groups in total. The number of ether oxygens (including phenoxy) is 1. The monoisotopic (exact) mass is 369 g/mol. The van der Waals surface area contributed by atoms with Crippen LogP contribution in [0.4, 0.5) is 5.69 Å². The molecule has 1 aliphatic carbocycles. The molecule has 0 unspecified atom stereocenters. The van der Waals surface area contributed by atoms with Crippen molar-refractivity contribution < 1.29 is 19.1 Å². The highest BCUT2D eigenvalue weighted by Crippen LogP contribution is 2.42. The van der Waals surface area contributed by atoms with Crippen LogP contribution in [0.25, 0.3) is 0 Å². The summed E-state index contributed by atoms with van der Waals surface area (Å²) in [6.07, 6.45) is 2.51. The largest absolute Gasteiger partial charge is 0.422 e. The molecule has 3 atom stereocenters. The average Bonchev–Trinajstić information content (AvgIpc) is 3.23. The maximum absolute atomic E-state index is 12.8. The van der Waals surface area contributed by atoms with Crippen LogP contribution in [0.3, 0.4) is 0 Å². The second-order valence-electron chi connectivity index (χ2n) is 7.01. The van der Waals surface area contributed by atoms with Crippen LogP contribution in [0, 0.1) is 17.8 Å². The van der Waals surface area contributed by atoms with E-state index in [9.17, 15) is 14.4 Å². The number of carbonyl (C=O) groups is 3. The van der Waals surface area contributed by atoms with E-state index in [1.165, 1.54) is 16.2 Å². The third-order valence-electron chi connectivity index (χ3n) is 5.20. The summed E-state index contributed by atoms with van der Waals surface area (Å²) in [5, 5.41) is 1.80. The summed E-state index contributed by atoms with van der Waals surface area (Å²) in [7, 11) is 0. The predicted molar refractivity (Wildman–Crippen MR) is 98.2 cm³/mol. The first kappa shape index (κ1) is 17.0. The summed E-state index contributed by atoms with van der Waals surface area (Å²) < 4.78 is 5.39. The van der Waals surface area contributed by atoms with Crippen LogP contribution < -0.4 is 9.64 Å². The first-order valence-corrected chi connectivity index (χ1v) is 9.66. The number of fused-ring (bicyclic) bond motifs is 1. The fourth-order valence-corrected chi connectivity index (χ4v) is 4.48. The second-order valence-corrected chi connectivity index (χ2v) is 7.95. The van der Waals surface area contributed by atoms with Crippen molar-refractivity contribution in [3.63, 3.8) is 0 Å². The number of anilines is 1. The highest BCUT2D eigenvalue weighted by molar-refractivity contribution is 7.12. The minimum Gasteiger partial charge on any atom is -0.422 e. The highest BCUT2D eigenvalue weighted by Gasteiger charge is 2.50. The van der Waals surface area contributed by atoms with E-state index in [1.54, 1.807) is 41.8 Å². The molecule has 2 aliphatic rings. The molecule has 0 spiro atoms. The number of rotatable bonds is 3. The van der Waals surface area contributed by atoms with E-state index in [0.29, 0.717) is 22.2 Å². The SMILES string of the molecule is C[C@@H]1CC[C@@H]2C(=O)N(c3cccc(OC(=O)c4cccs4)c3)C(=O)[C@@H]2C1. The van der Waals surface area contributed by atoms with Crippen molar-refractivity contribution in [2.45, 2.75) is 26.2 Å². The van der Waals surface area contributed by atoms with Crippen LogP contribution in [-0.2, 0) is 9.59 Å². The number of amides is 2. The van der Waals surface area contributed by atoms with Crippen molar-refractivity contribution in [1.82, 2.24) is 0 Å². The second kappa shape index (κ2) is 6.68. The molecule has 1 saturated heterocycles. The number of hydrogen-bond acceptors (Lipinski definition) is 5. The fraction of sp³-hybridized carbons (Fsp3) is 0.350. The normalized spacial score (nSPS) is 25.3. The van der Waals surface area contributed by atoms with Crippen molar-refractivity contribution in [1.29, 1.82) is 0 Å². The number of thiophene rings is 1. The van der Waals surface area contributed by atoms with Gasteiger partial charge >= 0.3 is 5.97 Å². The van der Waals surface area contributed by atoms with Crippen molar-refractivity contribution in [2.75, 3.05) is 4.90 Å². The average molecular weight is 369 g/mol. The molecular formula is C20H19NO4S. The molecule has 2 amide bonds. The molecule has 1 aromatic heterocycles. The van der Waals surface area contributed by atoms with Gasteiger partial charge in [-0.05, 0) is 48.8 Å². The Hall–Kier alpha value is -2.47. The summed E-state index contributed by atoms with van der Waals surface area (Å²) in [6.45, 7) is 2.13. The maximum Gasteiger partial charge on any atom is 0.353 e. The Morgan fingerprint density at radius 3 is 2.69 bits per heavy atom. The van der Waals surface area contributed by atoms with Gasteiger partial charge in [-0.2, -0.15) is 0 Å². The number of hydrogen-bond donors (Lipinski definition) is 0. The Kier molecular flexibility index (Phi) is 4.36. The van der Waals surface area contributed by atoms with Gasteiger partial charge in [0.15, 0.2) is 0 Å². The van der Waals surface area contributed by atoms with Crippen LogP contribution in [-0.4, -0.2) is 17.8 Å². The molecule has 0 bridgehead atoms. The van der Waals surface area contributed by atoms with Gasteiger partial charge in [0.05, 0.1) is 17.5 Å². The first-order valence-electron chi connectivity index (χ1n) is 8.78. The Morgan fingerprint density at radius 1 is 1.12 bits per heavy atom. The molecular weight excluding hydrogens is 350 g/mol. The van der Waals surface area contributed by atoms with E-state index < -0.39 is 5.97 Å². The first-order chi connectivity index (χ1) is 12.5. The zero-order valence-electron chi connectivity index (χ0n) is 14.4. The molecule has 1 saturated carbocycles. The number of imide groups is 1. The predicted octanol–water partition coefficient (Wildman–Crippen LogP) is 3.89. The van der Waals surface area contributed by atoms with Crippen LogP contribution in [0.1, 0.15) is 35.9 Å². The lowest BCUT2D eigenvalue weighted by Crippen LogP contribution is -2.30. The van der Waals surface area contributed by atoms with Crippen molar-refractivity contribution in [3.05, 3.63) is 46.7 Å². The van der Waals surface area contributed by atoms with Gasteiger partial charge < -0.3 is 4.74 Å². The van der Waals surface area contributed by atoms with Crippen molar-refractivity contribution in [3.8, 4) is 5.75 Å². The molecule has 0 radical (unpaired) electrons. The molecule has 134 valence electrons. The van der Waals surface area contributed by atoms with Gasteiger partial charge in [-0.25, -0.2) is 9.69 Å². The van der Waals surface area contributed by atoms with E-state index in [0.717, 1.165) is 19.3 Å². The third kappa shape index (κ3) is 2.94. The van der Waals surface area contributed by atoms with Crippen LogP contribution in [0.5, 0.6) is 5.75 Å². The molecule has 2 heterocycles. The van der Waals surface area contributed by atoms with Gasteiger partial charge in [-0.15, -0.1) is 11.3 Å². The standard InChI is InChI=1S/C20H19NO4S/c1-12-7-8-15-16(10-12)19(23)21(18(15)22)13-4-2-5-14(11-13)25-20(24)17-6-3-9-26-17/h2-6,9,11-12,15-16H,7-8,10H2,1H3/t12-,15+,16-/m1/s1. The van der Waals surface area contributed by atoms with Crippen LogP contribution >= 0.6 is 11.3 Å². The molecule has 1 aromatic carbocycles. The zero-order valence-corrected chi connectivity index (χ0v) is 15.2. The maximum atomic E-state index is 12.8. The van der Waals surface area contributed by atoms with E-state index in [2.05, 4.69) is 6.92 Å². The number of benzene rings is 1. The highest BCUT2D eigenvalue weighted by atomic mass is 32.1. The summed E-state index contributed by atoms with van der Waals surface area (Å²) in [6, 6.07) is 10.1. The van der Waals surface area contributed by atoms with Crippen molar-refractivity contribution in [2.24, 2.45) is 17.8 Å². The molecule has 1 aliphatic heterocycles. The molecule has 5 nitrogen and oxygen atoms in total. The fourth-order valence-electron chi connectivity index (χ4n) is 3.88. The van der Waals surface area contributed by atoms with Crippen molar-refractivity contribution >= 4 is 34.8 Å². The molecule has 2 aromatic rings. The van der Waals surface area contributed by atoms with Gasteiger partial charge in [0, 0.05) is 6.07 Å². The topological polar surface area (TPSA) is 63.7 Å². The Morgan fingerprint density at radius 2 is 1.92 bits per heavy atom. The quantitative estimate of drug-likeness (QED) is 0.468. The van der Waals surface area contributed by atoms with Gasteiger partial charge in [0.25, 0.3) is 0 Å². The van der Waals surface area contributed by atoms with Gasteiger partial charge in [-0.3, -0.25) is 9.59 Å². The van der Waals surface area contributed by atoms with Crippen LogP contribution in [0.2, 0.25) is 0 Å². The van der Waals surface area contributed by atoms with Crippen LogP contribution in [0.15, 0.2) is 41.8 Å².